The number of nitrogens with zero attached hydrogens (tertiary/aromatic N) is 3. The van der Waals surface area contributed by atoms with Crippen molar-refractivity contribution in [1.29, 1.82) is 0 Å². The van der Waals surface area contributed by atoms with Gasteiger partial charge in [0.25, 0.3) is 0 Å². The van der Waals surface area contributed by atoms with Crippen LogP contribution in [0.1, 0.15) is 37.0 Å². The molecule has 0 saturated carbocycles. The first kappa shape index (κ1) is 40.8. The Hall–Kier alpha value is -7.70. The highest BCUT2D eigenvalue weighted by molar-refractivity contribution is 7.27. The molecular weight excluding hydrogens is 851 g/mol. The number of benzene rings is 9. The van der Waals surface area contributed by atoms with Crippen molar-refractivity contribution in [2.45, 2.75) is 26.7 Å². The van der Waals surface area contributed by atoms with Crippen LogP contribution in [-0.4, -0.2) is 14.5 Å². The molecule has 9 aromatic carbocycles. The van der Waals surface area contributed by atoms with Crippen molar-refractivity contribution < 1.29 is 0 Å². The van der Waals surface area contributed by atoms with Gasteiger partial charge in [-0.2, -0.15) is 0 Å². The Labute approximate surface area is 397 Å². The molecule has 0 spiro atoms. The fourth-order valence-corrected chi connectivity index (χ4v) is 12.4. The maximum atomic E-state index is 5.28. The van der Waals surface area contributed by atoms with Gasteiger partial charge in [-0.3, -0.25) is 0 Å². The Morgan fingerprint density at radius 2 is 1.25 bits per heavy atom. The Balaban J connectivity index is 0.000000469. The highest BCUT2D eigenvalue weighted by atomic mass is 32.1. The largest absolute Gasteiger partial charge is 0.309 e. The Morgan fingerprint density at radius 3 is 2.04 bits per heavy atom. The zero-order chi connectivity index (χ0) is 45.0. The van der Waals surface area contributed by atoms with Crippen LogP contribution in [0.5, 0.6) is 0 Å². The molecule has 4 heterocycles. The highest BCUT2D eigenvalue weighted by Crippen LogP contribution is 2.48. The molecule has 0 amide bonds. The van der Waals surface area contributed by atoms with Gasteiger partial charge in [0.15, 0.2) is 5.82 Å². The van der Waals surface area contributed by atoms with Crippen molar-refractivity contribution in [2.75, 3.05) is 0 Å². The van der Waals surface area contributed by atoms with Crippen molar-refractivity contribution in [1.82, 2.24) is 14.5 Å². The predicted octanol–water partition coefficient (Wildman–Crippen LogP) is 18.3. The maximum absolute atomic E-state index is 5.28. The van der Waals surface area contributed by atoms with Gasteiger partial charge in [0.2, 0.25) is 0 Å². The van der Waals surface area contributed by atoms with E-state index in [1.807, 2.05) is 41.7 Å². The smallest absolute Gasteiger partial charge is 0.160 e. The Kier molecular flexibility index (Phi) is 10.3. The summed E-state index contributed by atoms with van der Waals surface area (Å²) in [5.41, 5.74) is 11.1. The SMILES string of the molecule is C=Cc1ccc2c(-c3ccccc3)nc(-c3ccc4c(c3)sc3ccc(-n5c6ccccc6c6c7c8ccccc8sc7c7ccccc7c65)cc34)nc2c1/C=C\C.CCCc1ccccc1. The lowest BCUT2D eigenvalue weighted by Crippen LogP contribution is -1.98. The summed E-state index contributed by atoms with van der Waals surface area (Å²) in [6.07, 6.45) is 8.55. The van der Waals surface area contributed by atoms with Crippen LogP contribution >= 0.6 is 22.7 Å². The second-order valence-electron chi connectivity index (χ2n) is 17.1. The monoisotopic (exact) mass is 895 g/mol. The molecule has 13 aromatic rings. The first-order valence-electron chi connectivity index (χ1n) is 23.0. The van der Waals surface area contributed by atoms with Gasteiger partial charge >= 0.3 is 0 Å². The van der Waals surface area contributed by atoms with E-state index in [1.54, 1.807) is 0 Å². The van der Waals surface area contributed by atoms with Gasteiger partial charge in [-0.1, -0.05) is 178 Å². The van der Waals surface area contributed by atoms with Crippen LogP contribution in [0, 0.1) is 0 Å². The fraction of sp³-hybridized carbons (Fsp3) is 0.0645. The number of thiophene rings is 2. The van der Waals surface area contributed by atoms with E-state index < -0.39 is 0 Å². The zero-order valence-electron chi connectivity index (χ0n) is 37.3. The van der Waals surface area contributed by atoms with Crippen LogP contribution in [0.2, 0.25) is 0 Å². The van der Waals surface area contributed by atoms with E-state index >= 15 is 0 Å². The third-order valence-electron chi connectivity index (χ3n) is 13.0. The van der Waals surface area contributed by atoms with E-state index in [4.69, 9.17) is 9.97 Å². The van der Waals surface area contributed by atoms with E-state index in [-0.39, 0.29) is 0 Å². The summed E-state index contributed by atoms with van der Waals surface area (Å²) in [5, 5.41) is 11.3. The average Bonchev–Trinajstić information content (AvgIpc) is 4.07. The fourth-order valence-electron chi connectivity index (χ4n) is 10.1. The predicted molar refractivity (Wildman–Crippen MR) is 293 cm³/mol. The molecule has 5 heteroatoms. The minimum atomic E-state index is 0.711. The molecule has 4 aromatic heterocycles. The standard InChI is InChI=1S/C53H33N3S2.C9H12/c1-3-14-35-31(4-2)23-27-41-49(32-15-6-5-7-16-32)54-53(55-50(35)41)33-24-26-36-42-30-34(25-28-45(42)57-46(36)29-33)56-43-21-12-10-19-39(43)47-48-40-20-11-13-22-44(40)58-52(48)38-18-9-8-17-37(38)51(47)56;1-2-6-9-7-4-3-5-8-9/h3-30H,2H2,1H3;3-5,7-8H,2,6H2,1H3/b14-3-;. The van der Waals surface area contributed by atoms with Crippen LogP contribution < -0.4 is 0 Å². The lowest BCUT2D eigenvalue weighted by molar-refractivity contribution is 0.922. The van der Waals surface area contributed by atoms with Crippen LogP contribution in [-0.2, 0) is 6.42 Å². The minimum absolute atomic E-state index is 0.711. The zero-order valence-corrected chi connectivity index (χ0v) is 39.0. The highest BCUT2D eigenvalue weighted by Gasteiger charge is 2.22. The average molecular weight is 896 g/mol. The summed E-state index contributed by atoms with van der Waals surface area (Å²) < 4.78 is 7.64. The van der Waals surface area contributed by atoms with Gasteiger partial charge in [0.1, 0.15) is 0 Å². The summed E-state index contributed by atoms with van der Waals surface area (Å²) >= 11 is 3.73. The summed E-state index contributed by atoms with van der Waals surface area (Å²) in [6, 6.07) is 65.7. The van der Waals surface area contributed by atoms with E-state index in [0.29, 0.717) is 5.82 Å². The normalized spacial score (nSPS) is 11.9. The van der Waals surface area contributed by atoms with Crippen molar-refractivity contribution in [2.24, 2.45) is 0 Å². The number of aryl methyl sites for hydroxylation is 1. The Morgan fingerprint density at radius 1 is 0.552 bits per heavy atom. The molecule has 0 aliphatic carbocycles. The summed E-state index contributed by atoms with van der Waals surface area (Å²) in [4.78, 5) is 10.5. The molecule has 0 aliphatic heterocycles. The second-order valence-corrected chi connectivity index (χ2v) is 19.2. The lowest BCUT2D eigenvalue weighted by Gasteiger charge is -2.13. The van der Waals surface area contributed by atoms with Crippen LogP contribution in [0.3, 0.4) is 0 Å². The van der Waals surface area contributed by atoms with E-state index in [9.17, 15) is 0 Å². The number of aromatic nitrogens is 3. The van der Waals surface area contributed by atoms with Crippen molar-refractivity contribution in [3.05, 3.63) is 211 Å². The van der Waals surface area contributed by atoms with Crippen LogP contribution in [0.4, 0.5) is 0 Å². The Bertz CT molecular complexity index is 4080. The molecule has 0 saturated heterocycles. The van der Waals surface area contributed by atoms with Gasteiger partial charge in [0.05, 0.1) is 22.2 Å². The van der Waals surface area contributed by atoms with Crippen LogP contribution in [0.15, 0.2) is 195 Å². The van der Waals surface area contributed by atoms with Crippen molar-refractivity contribution in [3.63, 3.8) is 0 Å². The lowest BCUT2D eigenvalue weighted by atomic mass is 9.98. The molecule has 13 rings (SSSR count). The molecule has 67 heavy (non-hydrogen) atoms. The molecule has 0 atom stereocenters. The molecule has 0 unspecified atom stereocenters. The quantitative estimate of drug-likeness (QED) is 0.160. The number of para-hydroxylation sites is 1. The van der Waals surface area contributed by atoms with E-state index in [1.165, 1.54) is 91.3 Å². The second kappa shape index (κ2) is 16.9. The van der Waals surface area contributed by atoms with Crippen molar-refractivity contribution >= 4 is 119 Å². The van der Waals surface area contributed by atoms with E-state index in [0.717, 1.165) is 44.5 Å². The first-order valence-corrected chi connectivity index (χ1v) is 24.7. The molecule has 0 bridgehead atoms. The molecule has 3 nitrogen and oxygen atoms in total. The molecule has 0 radical (unpaired) electrons. The molecule has 0 fully saturated rings. The minimum Gasteiger partial charge on any atom is -0.309 e. The van der Waals surface area contributed by atoms with Gasteiger partial charge in [-0.25, -0.2) is 9.97 Å². The topological polar surface area (TPSA) is 30.7 Å². The molecule has 320 valence electrons. The number of hydrogen-bond donors (Lipinski definition) is 0. The van der Waals surface area contributed by atoms with Gasteiger partial charge in [-0.05, 0) is 66.9 Å². The van der Waals surface area contributed by atoms with Gasteiger partial charge in [0, 0.05) is 89.7 Å². The number of fused-ring (bicyclic) bond motifs is 14. The first-order chi connectivity index (χ1) is 33.1. The van der Waals surface area contributed by atoms with Crippen molar-refractivity contribution in [3.8, 4) is 28.3 Å². The summed E-state index contributed by atoms with van der Waals surface area (Å²) in [6.45, 7) is 8.35. The van der Waals surface area contributed by atoms with E-state index in [2.05, 4.69) is 206 Å². The number of rotatable bonds is 7. The molecule has 0 N–H and O–H groups in total. The van der Waals surface area contributed by atoms with Crippen LogP contribution in [0.25, 0.3) is 124 Å². The molecule has 0 aliphatic rings. The summed E-state index contributed by atoms with van der Waals surface area (Å²) in [5.74, 6) is 0.711. The maximum Gasteiger partial charge on any atom is 0.160 e. The summed E-state index contributed by atoms with van der Waals surface area (Å²) in [7, 11) is 0. The third-order valence-corrected chi connectivity index (χ3v) is 15.4. The van der Waals surface area contributed by atoms with Gasteiger partial charge in [-0.15, -0.1) is 22.7 Å². The number of hydrogen-bond acceptors (Lipinski definition) is 4. The molecular formula is C62H45N3S2. The third kappa shape index (κ3) is 6.85. The number of allylic oxidation sites excluding steroid dienone is 1. The van der Waals surface area contributed by atoms with Gasteiger partial charge < -0.3 is 4.57 Å².